The maximum Gasteiger partial charge on any atom is 0.313 e. The Labute approximate surface area is 112 Å². The van der Waals surface area contributed by atoms with Crippen LogP contribution in [0.4, 0.5) is 0 Å². The lowest BCUT2D eigenvalue weighted by Gasteiger charge is -2.26. The molecule has 0 bridgehead atoms. The Morgan fingerprint density at radius 2 is 2.17 bits per heavy atom. The van der Waals surface area contributed by atoms with Crippen LogP contribution in [0.2, 0.25) is 0 Å². The molecule has 0 spiro atoms. The molecule has 2 heteroatoms. The Morgan fingerprint density at radius 1 is 1.44 bits per heavy atom. The molecule has 0 aromatic heterocycles. The molecule has 1 aliphatic carbocycles. The van der Waals surface area contributed by atoms with Crippen LogP contribution in [0.3, 0.4) is 0 Å². The van der Waals surface area contributed by atoms with Crippen molar-refractivity contribution >= 4 is 5.97 Å². The maximum absolute atomic E-state index is 11.9. The zero-order valence-electron chi connectivity index (χ0n) is 12.4. The molecule has 0 radical (unpaired) electrons. The van der Waals surface area contributed by atoms with Crippen LogP contribution in [0.1, 0.15) is 59.8 Å². The summed E-state index contributed by atoms with van der Waals surface area (Å²) in [5.41, 5.74) is 1.32. The molecule has 1 rings (SSSR count). The largest absolute Gasteiger partial charge is 0.466 e. The average Bonchev–Trinajstić information content (AvgIpc) is 2.32. The van der Waals surface area contributed by atoms with Crippen LogP contribution in [0, 0.1) is 17.8 Å². The smallest absolute Gasteiger partial charge is 0.313 e. The number of carbonyl (C=O) groups is 1. The van der Waals surface area contributed by atoms with E-state index in [1.807, 2.05) is 6.92 Å². The minimum absolute atomic E-state index is 0.00458. The highest BCUT2D eigenvalue weighted by Gasteiger charge is 2.25. The molecular weight excluding hydrogens is 224 g/mol. The molecular formula is C16H28O2. The molecule has 0 saturated heterocycles. The van der Waals surface area contributed by atoms with Crippen molar-refractivity contribution in [3.8, 4) is 0 Å². The second-order valence-corrected chi connectivity index (χ2v) is 5.76. The number of esters is 1. The van der Waals surface area contributed by atoms with Crippen molar-refractivity contribution < 1.29 is 9.53 Å². The van der Waals surface area contributed by atoms with Gasteiger partial charge in [0.25, 0.3) is 0 Å². The lowest BCUT2D eigenvalue weighted by atomic mass is 9.80. The van der Waals surface area contributed by atoms with E-state index in [0.29, 0.717) is 6.61 Å². The van der Waals surface area contributed by atoms with E-state index < -0.39 is 0 Å². The first-order chi connectivity index (χ1) is 8.58. The number of hydrogen-bond donors (Lipinski definition) is 0. The van der Waals surface area contributed by atoms with E-state index in [2.05, 4.69) is 26.8 Å². The van der Waals surface area contributed by atoms with Gasteiger partial charge in [0, 0.05) is 0 Å². The highest BCUT2D eigenvalue weighted by atomic mass is 16.5. The van der Waals surface area contributed by atoms with Crippen LogP contribution in [0.5, 0.6) is 0 Å². The van der Waals surface area contributed by atoms with Gasteiger partial charge in [-0.05, 0) is 50.9 Å². The summed E-state index contributed by atoms with van der Waals surface area (Å²) in [5.74, 6) is 1.56. The summed E-state index contributed by atoms with van der Waals surface area (Å²) in [6.45, 7) is 9.00. The van der Waals surface area contributed by atoms with E-state index in [9.17, 15) is 4.79 Å². The topological polar surface area (TPSA) is 26.3 Å². The van der Waals surface area contributed by atoms with Gasteiger partial charge in [-0.2, -0.15) is 0 Å². The summed E-state index contributed by atoms with van der Waals surface area (Å²) in [6, 6.07) is 0. The molecule has 0 amide bonds. The first kappa shape index (κ1) is 15.3. The summed E-state index contributed by atoms with van der Waals surface area (Å²) in [6.07, 6.45) is 7.93. The van der Waals surface area contributed by atoms with Crippen molar-refractivity contribution in [1.82, 2.24) is 0 Å². The SMILES string of the molecule is CCOC(=O)[C@H](CC)C1=CC[C@@H](CC(C)C)CC1. The van der Waals surface area contributed by atoms with Crippen LogP contribution < -0.4 is 0 Å². The van der Waals surface area contributed by atoms with E-state index in [1.54, 1.807) is 0 Å². The summed E-state index contributed by atoms with van der Waals surface area (Å²) < 4.78 is 5.16. The van der Waals surface area contributed by atoms with Crippen LogP contribution in [0.25, 0.3) is 0 Å². The fourth-order valence-corrected chi connectivity index (χ4v) is 2.93. The van der Waals surface area contributed by atoms with Crippen LogP contribution in [-0.2, 0) is 9.53 Å². The molecule has 0 heterocycles. The van der Waals surface area contributed by atoms with Crippen molar-refractivity contribution in [2.24, 2.45) is 17.8 Å². The molecule has 1 aliphatic rings. The Hall–Kier alpha value is -0.790. The lowest BCUT2D eigenvalue weighted by Crippen LogP contribution is -2.22. The van der Waals surface area contributed by atoms with Gasteiger partial charge >= 0.3 is 5.97 Å². The van der Waals surface area contributed by atoms with Crippen LogP contribution in [-0.4, -0.2) is 12.6 Å². The summed E-state index contributed by atoms with van der Waals surface area (Å²) in [5, 5.41) is 0. The molecule has 0 aromatic carbocycles. The van der Waals surface area contributed by atoms with Crippen LogP contribution >= 0.6 is 0 Å². The average molecular weight is 252 g/mol. The van der Waals surface area contributed by atoms with Gasteiger partial charge in [-0.1, -0.05) is 32.4 Å². The van der Waals surface area contributed by atoms with Gasteiger partial charge in [-0.3, -0.25) is 4.79 Å². The Kier molecular flexibility index (Phi) is 6.45. The Bertz CT molecular complexity index is 291. The third kappa shape index (κ3) is 4.47. The molecule has 18 heavy (non-hydrogen) atoms. The second-order valence-electron chi connectivity index (χ2n) is 5.76. The Morgan fingerprint density at radius 3 is 2.61 bits per heavy atom. The normalized spacial score (nSPS) is 21.6. The maximum atomic E-state index is 11.9. The zero-order valence-corrected chi connectivity index (χ0v) is 12.4. The van der Waals surface area contributed by atoms with Crippen molar-refractivity contribution in [3.63, 3.8) is 0 Å². The summed E-state index contributed by atoms with van der Waals surface area (Å²) in [4.78, 5) is 11.9. The molecule has 0 saturated carbocycles. The van der Waals surface area contributed by atoms with Gasteiger partial charge in [0.05, 0.1) is 12.5 Å². The molecule has 0 aromatic rings. The van der Waals surface area contributed by atoms with Crippen molar-refractivity contribution in [3.05, 3.63) is 11.6 Å². The minimum Gasteiger partial charge on any atom is -0.466 e. The number of rotatable bonds is 6. The van der Waals surface area contributed by atoms with E-state index in [-0.39, 0.29) is 11.9 Å². The van der Waals surface area contributed by atoms with Crippen molar-refractivity contribution in [2.75, 3.05) is 6.61 Å². The van der Waals surface area contributed by atoms with Gasteiger partial charge in [0.15, 0.2) is 0 Å². The number of carbonyl (C=O) groups excluding carboxylic acids is 1. The molecule has 2 atom stereocenters. The monoisotopic (exact) mass is 252 g/mol. The number of ether oxygens (including phenoxy) is 1. The molecule has 104 valence electrons. The van der Waals surface area contributed by atoms with Gasteiger partial charge in [0.1, 0.15) is 0 Å². The summed E-state index contributed by atoms with van der Waals surface area (Å²) in [7, 11) is 0. The van der Waals surface area contributed by atoms with E-state index in [0.717, 1.165) is 31.1 Å². The van der Waals surface area contributed by atoms with Gasteiger partial charge in [0.2, 0.25) is 0 Å². The van der Waals surface area contributed by atoms with E-state index >= 15 is 0 Å². The van der Waals surface area contributed by atoms with Crippen molar-refractivity contribution in [1.29, 1.82) is 0 Å². The van der Waals surface area contributed by atoms with E-state index in [4.69, 9.17) is 4.74 Å². The third-order valence-electron chi connectivity index (χ3n) is 3.79. The predicted octanol–water partition coefficient (Wildman–Crippen LogP) is 4.35. The number of allylic oxidation sites excluding steroid dienone is 1. The highest BCUT2D eigenvalue weighted by molar-refractivity contribution is 5.75. The quantitative estimate of drug-likeness (QED) is 0.519. The minimum atomic E-state index is -0.0337. The molecule has 0 N–H and O–H groups in total. The summed E-state index contributed by atoms with van der Waals surface area (Å²) >= 11 is 0. The van der Waals surface area contributed by atoms with E-state index in [1.165, 1.54) is 18.4 Å². The fraction of sp³-hybridized carbons (Fsp3) is 0.812. The number of hydrogen-bond acceptors (Lipinski definition) is 2. The Balaban J connectivity index is 2.56. The molecule has 0 aliphatic heterocycles. The predicted molar refractivity (Wildman–Crippen MR) is 75.3 cm³/mol. The first-order valence-corrected chi connectivity index (χ1v) is 7.43. The molecule has 2 nitrogen and oxygen atoms in total. The first-order valence-electron chi connectivity index (χ1n) is 7.43. The highest BCUT2D eigenvalue weighted by Crippen LogP contribution is 2.33. The van der Waals surface area contributed by atoms with Gasteiger partial charge in [-0.15, -0.1) is 0 Å². The van der Waals surface area contributed by atoms with Gasteiger partial charge < -0.3 is 4.74 Å². The van der Waals surface area contributed by atoms with Gasteiger partial charge in [-0.25, -0.2) is 0 Å². The standard InChI is InChI=1S/C16H28O2/c1-5-15(16(17)18-6-2)14-9-7-13(8-10-14)11-12(3)4/h9,12-13,15H,5-8,10-11H2,1-4H3/t13-,15-/m1/s1. The second kappa shape index (κ2) is 7.60. The molecule has 0 fully saturated rings. The van der Waals surface area contributed by atoms with Crippen LogP contribution in [0.15, 0.2) is 11.6 Å². The lowest BCUT2D eigenvalue weighted by molar-refractivity contribution is -0.146. The zero-order chi connectivity index (χ0) is 13.5. The fourth-order valence-electron chi connectivity index (χ4n) is 2.93. The van der Waals surface area contributed by atoms with Crippen molar-refractivity contribution in [2.45, 2.75) is 59.8 Å². The third-order valence-corrected chi connectivity index (χ3v) is 3.79. The molecule has 0 unspecified atom stereocenters.